The molecule has 3 nitrogen and oxygen atoms in total. The molecule has 0 saturated carbocycles. The summed E-state index contributed by atoms with van der Waals surface area (Å²) >= 11 is 6.72. The lowest BCUT2D eigenvalue weighted by atomic mass is 10.2. The highest BCUT2D eigenvalue weighted by atomic mass is 79.9. The Morgan fingerprint density at radius 3 is 2.47 bits per heavy atom. The van der Waals surface area contributed by atoms with Crippen LogP contribution in [0.5, 0.6) is 0 Å². The van der Waals surface area contributed by atoms with Crippen LogP contribution < -0.4 is 0 Å². The summed E-state index contributed by atoms with van der Waals surface area (Å²) in [6, 6.07) is 5.52. The van der Waals surface area contributed by atoms with Crippen LogP contribution in [-0.2, 0) is 4.74 Å². The van der Waals surface area contributed by atoms with Crippen molar-refractivity contribution in [2.45, 2.75) is 0 Å². The lowest BCUT2D eigenvalue weighted by Crippen LogP contribution is -2.28. The predicted octanol–water partition coefficient (Wildman–Crippen LogP) is 2.64. The van der Waals surface area contributed by atoms with Gasteiger partial charge in [0, 0.05) is 21.1 Å². The van der Waals surface area contributed by atoms with Crippen molar-refractivity contribution in [3.8, 4) is 0 Å². The van der Waals surface area contributed by atoms with Gasteiger partial charge >= 0.3 is 0 Å². The molecule has 0 radical (unpaired) electrons. The van der Waals surface area contributed by atoms with Crippen LogP contribution in [0.4, 0.5) is 0 Å². The van der Waals surface area contributed by atoms with Crippen LogP contribution in [0.15, 0.2) is 27.1 Å². The van der Waals surface area contributed by atoms with Gasteiger partial charge in [-0.1, -0.05) is 31.9 Å². The Morgan fingerprint density at radius 1 is 1.27 bits per heavy atom. The molecule has 5 heteroatoms. The number of carbonyl (C=O) groups is 1. The van der Waals surface area contributed by atoms with E-state index in [1.54, 1.807) is 4.90 Å². The fourth-order valence-electron chi connectivity index (χ4n) is 1.43. The molecular formula is C10H9Br2NO2. The van der Waals surface area contributed by atoms with Gasteiger partial charge in [0.25, 0.3) is 5.91 Å². The Morgan fingerprint density at radius 2 is 1.93 bits per heavy atom. The van der Waals surface area contributed by atoms with E-state index in [2.05, 4.69) is 31.9 Å². The molecule has 0 unspecified atom stereocenters. The summed E-state index contributed by atoms with van der Waals surface area (Å²) in [7, 11) is 0. The summed E-state index contributed by atoms with van der Waals surface area (Å²) in [4.78, 5) is 13.6. The molecule has 1 fully saturated rings. The molecule has 15 heavy (non-hydrogen) atoms. The van der Waals surface area contributed by atoms with E-state index in [0.29, 0.717) is 25.4 Å². The number of hydrogen-bond donors (Lipinski definition) is 0. The first-order valence-corrected chi connectivity index (χ1v) is 6.08. The zero-order valence-corrected chi connectivity index (χ0v) is 11.0. The van der Waals surface area contributed by atoms with E-state index in [9.17, 15) is 4.79 Å². The van der Waals surface area contributed by atoms with E-state index in [1.807, 2.05) is 18.2 Å². The van der Waals surface area contributed by atoms with Gasteiger partial charge in [-0.15, -0.1) is 0 Å². The zero-order valence-electron chi connectivity index (χ0n) is 7.87. The monoisotopic (exact) mass is 333 g/mol. The number of rotatable bonds is 1. The first-order valence-electron chi connectivity index (χ1n) is 4.50. The molecule has 0 atom stereocenters. The number of ether oxygens (including phenoxy) is 1. The van der Waals surface area contributed by atoms with E-state index < -0.39 is 0 Å². The molecule has 0 spiro atoms. The summed E-state index contributed by atoms with van der Waals surface area (Å²) in [5, 5.41) is 0. The quantitative estimate of drug-likeness (QED) is 0.790. The standard InChI is InChI=1S/C10H9Br2NO2/c11-8-3-7(4-9(12)5-8)10(14)13-1-2-15-6-13/h3-5H,1-2,6H2. The molecule has 1 amide bonds. The minimum atomic E-state index is 0.00880. The average molecular weight is 335 g/mol. The number of hydrogen-bond acceptors (Lipinski definition) is 2. The molecular weight excluding hydrogens is 326 g/mol. The molecule has 1 heterocycles. The van der Waals surface area contributed by atoms with E-state index in [4.69, 9.17) is 4.74 Å². The molecule has 1 aliphatic rings. The van der Waals surface area contributed by atoms with Crippen LogP contribution in [0.1, 0.15) is 10.4 Å². The molecule has 80 valence electrons. The Labute approximate surface area is 105 Å². The second-order valence-electron chi connectivity index (χ2n) is 3.26. The van der Waals surface area contributed by atoms with E-state index in [0.717, 1.165) is 8.95 Å². The second kappa shape index (κ2) is 4.63. The van der Waals surface area contributed by atoms with Crippen molar-refractivity contribution in [3.63, 3.8) is 0 Å². The van der Waals surface area contributed by atoms with Gasteiger partial charge in [0.1, 0.15) is 6.73 Å². The number of amides is 1. The topological polar surface area (TPSA) is 29.5 Å². The van der Waals surface area contributed by atoms with E-state index >= 15 is 0 Å². The smallest absolute Gasteiger partial charge is 0.255 e. The molecule has 0 aromatic heterocycles. The zero-order chi connectivity index (χ0) is 10.8. The molecule has 1 saturated heterocycles. The molecule has 0 bridgehead atoms. The first-order chi connectivity index (χ1) is 7.16. The van der Waals surface area contributed by atoms with Crippen molar-refractivity contribution >= 4 is 37.8 Å². The van der Waals surface area contributed by atoms with Gasteiger partial charge in [0.15, 0.2) is 0 Å². The van der Waals surface area contributed by atoms with Crippen molar-refractivity contribution in [1.82, 2.24) is 4.90 Å². The number of nitrogens with zero attached hydrogens (tertiary/aromatic N) is 1. The Bertz CT molecular complexity index is 369. The van der Waals surface area contributed by atoms with E-state index in [-0.39, 0.29) is 5.91 Å². The van der Waals surface area contributed by atoms with Gasteiger partial charge in [-0.2, -0.15) is 0 Å². The number of carbonyl (C=O) groups excluding carboxylic acids is 1. The summed E-state index contributed by atoms with van der Waals surface area (Å²) in [5.41, 5.74) is 0.668. The van der Waals surface area contributed by atoms with Gasteiger partial charge in [-0.25, -0.2) is 0 Å². The highest BCUT2D eigenvalue weighted by Gasteiger charge is 2.20. The fourth-order valence-corrected chi connectivity index (χ4v) is 2.73. The second-order valence-corrected chi connectivity index (χ2v) is 5.10. The van der Waals surface area contributed by atoms with Crippen LogP contribution >= 0.6 is 31.9 Å². The van der Waals surface area contributed by atoms with Gasteiger partial charge in [0.2, 0.25) is 0 Å². The number of benzene rings is 1. The lowest BCUT2D eigenvalue weighted by molar-refractivity contribution is 0.0695. The van der Waals surface area contributed by atoms with E-state index in [1.165, 1.54) is 0 Å². The van der Waals surface area contributed by atoms with Crippen LogP contribution in [0.3, 0.4) is 0 Å². The summed E-state index contributed by atoms with van der Waals surface area (Å²) in [6.07, 6.45) is 0. The Kier molecular flexibility index (Phi) is 3.43. The highest BCUT2D eigenvalue weighted by Crippen LogP contribution is 2.21. The summed E-state index contributed by atoms with van der Waals surface area (Å²) < 4.78 is 6.92. The van der Waals surface area contributed by atoms with Gasteiger partial charge in [-0.05, 0) is 18.2 Å². The molecule has 0 N–H and O–H groups in total. The van der Waals surface area contributed by atoms with Crippen molar-refractivity contribution in [2.75, 3.05) is 19.9 Å². The SMILES string of the molecule is O=C(c1cc(Br)cc(Br)c1)N1CCOC1. The largest absolute Gasteiger partial charge is 0.359 e. The third-order valence-corrected chi connectivity index (χ3v) is 3.07. The van der Waals surface area contributed by atoms with Crippen LogP contribution in [0.2, 0.25) is 0 Å². The number of halogens is 2. The third-order valence-electron chi connectivity index (χ3n) is 2.15. The average Bonchev–Trinajstić information content (AvgIpc) is 2.67. The molecule has 0 aliphatic carbocycles. The third kappa shape index (κ3) is 2.59. The summed E-state index contributed by atoms with van der Waals surface area (Å²) in [6.45, 7) is 1.69. The molecule has 1 aliphatic heterocycles. The van der Waals surface area contributed by atoms with Crippen LogP contribution in [-0.4, -0.2) is 30.7 Å². The highest BCUT2D eigenvalue weighted by molar-refractivity contribution is 9.11. The minimum absolute atomic E-state index is 0.00880. The van der Waals surface area contributed by atoms with Gasteiger partial charge < -0.3 is 9.64 Å². The van der Waals surface area contributed by atoms with Crippen molar-refractivity contribution in [1.29, 1.82) is 0 Å². The van der Waals surface area contributed by atoms with Crippen LogP contribution in [0.25, 0.3) is 0 Å². The maximum atomic E-state index is 12.0. The first kappa shape index (κ1) is 11.1. The molecule has 1 aromatic rings. The van der Waals surface area contributed by atoms with Crippen molar-refractivity contribution in [2.24, 2.45) is 0 Å². The minimum Gasteiger partial charge on any atom is -0.359 e. The van der Waals surface area contributed by atoms with Crippen molar-refractivity contribution < 1.29 is 9.53 Å². The maximum absolute atomic E-state index is 12.0. The van der Waals surface area contributed by atoms with Gasteiger partial charge in [0.05, 0.1) is 6.61 Å². The maximum Gasteiger partial charge on any atom is 0.255 e. The predicted molar refractivity (Wildman–Crippen MR) is 63.7 cm³/mol. The summed E-state index contributed by atoms with van der Waals surface area (Å²) in [5.74, 6) is 0.00880. The van der Waals surface area contributed by atoms with Crippen molar-refractivity contribution in [3.05, 3.63) is 32.7 Å². The molecule has 2 rings (SSSR count). The Balaban J connectivity index is 2.24. The lowest BCUT2D eigenvalue weighted by Gasteiger charge is -2.13. The van der Waals surface area contributed by atoms with Crippen LogP contribution in [0, 0.1) is 0 Å². The molecule has 1 aromatic carbocycles. The van der Waals surface area contributed by atoms with Gasteiger partial charge in [-0.3, -0.25) is 4.79 Å². The fraction of sp³-hybridized carbons (Fsp3) is 0.300. The normalized spacial score (nSPS) is 15.7. The Hall–Kier alpha value is -0.390.